The number of para-hydroxylation sites is 2. The molecule has 27 heavy (non-hydrogen) atoms. The second-order valence-electron chi connectivity index (χ2n) is 5.56. The van der Waals surface area contributed by atoms with Crippen LogP contribution in [0.5, 0.6) is 5.75 Å². The minimum Gasteiger partial charge on any atom is -0.493 e. The number of nitrogens with zero attached hydrogens (tertiary/aromatic N) is 3. The molecule has 0 saturated heterocycles. The number of ether oxygens (including phenoxy) is 2. The molecule has 1 atom stereocenters. The molecule has 0 spiro atoms. The number of hydrogen-bond acceptors (Lipinski definition) is 5. The van der Waals surface area contributed by atoms with Crippen LogP contribution in [0.25, 0.3) is 11.0 Å². The molecule has 0 bridgehead atoms. The van der Waals surface area contributed by atoms with Gasteiger partial charge in [0.05, 0.1) is 28.9 Å². The van der Waals surface area contributed by atoms with E-state index in [0.717, 1.165) is 34.5 Å². The first kappa shape index (κ1) is 23.7. The van der Waals surface area contributed by atoms with Gasteiger partial charge in [-0.3, -0.25) is 9.19 Å². The van der Waals surface area contributed by atoms with Gasteiger partial charge in [-0.15, -0.1) is 0 Å². The van der Waals surface area contributed by atoms with Crippen molar-refractivity contribution < 1.29 is 48.7 Å². The maximum Gasteiger partial charge on any atom is 1.00 e. The van der Waals surface area contributed by atoms with Crippen molar-refractivity contribution in [3.05, 3.63) is 47.8 Å². The zero-order chi connectivity index (χ0) is 17.6. The maximum atomic E-state index is 12.6. The molecule has 2 heterocycles. The first-order chi connectivity index (χ1) is 12.2. The van der Waals surface area contributed by atoms with Crippen LogP contribution in [0.2, 0.25) is 0 Å². The van der Waals surface area contributed by atoms with Gasteiger partial charge in [-0.05, 0) is 24.0 Å². The summed E-state index contributed by atoms with van der Waals surface area (Å²) in [6.07, 6.45) is 2.49. The first-order valence-corrected chi connectivity index (χ1v) is 9.35. The Morgan fingerprint density at radius 2 is 1.96 bits per heavy atom. The third kappa shape index (κ3) is 6.10. The molecule has 7 nitrogen and oxygen atoms in total. The van der Waals surface area contributed by atoms with Crippen LogP contribution in [0.15, 0.2) is 41.7 Å². The standard InChI is InChI=1S/C18H20N3O3S.Na.H2O/c1-13-16(19-9-8-17(13)24-11-5-10-23-2)12-25(22)18-20-14-6-3-4-7-15(14)21-18;;/h3-4,6-9H,5,10-12H2,1-2H3;;1H2/q-1;+1;/t25-;;/m1../s1. The Morgan fingerprint density at radius 1 is 1.19 bits per heavy atom. The number of benzene rings is 1. The molecule has 2 N–H and O–H groups in total. The molecule has 0 fully saturated rings. The van der Waals surface area contributed by atoms with Crippen molar-refractivity contribution in [2.24, 2.45) is 0 Å². The summed E-state index contributed by atoms with van der Waals surface area (Å²) in [5, 5.41) is 0.341. The zero-order valence-corrected chi connectivity index (χ0v) is 18.6. The van der Waals surface area contributed by atoms with E-state index in [0.29, 0.717) is 18.4 Å². The van der Waals surface area contributed by atoms with Gasteiger partial charge in [-0.2, -0.15) is 0 Å². The van der Waals surface area contributed by atoms with Crippen LogP contribution in [-0.2, 0) is 21.3 Å². The van der Waals surface area contributed by atoms with Crippen LogP contribution in [0.1, 0.15) is 17.7 Å². The average molecular weight is 399 g/mol. The fourth-order valence-electron chi connectivity index (χ4n) is 2.42. The minimum absolute atomic E-state index is 0. The van der Waals surface area contributed by atoms with E-state index in [2.05, 4.69) is 15.0 Å². The van der Waals surface area contributed by atoms with Crippen molar-refractivity contribution in [2.45, 2.75) is 24.3 Å². The van der Waals surface area contributed by atoms with Crippen molar-refractivity contribution in [2.75, 3.05) is 20.3 Å². The number of fused-ring (bicyclic) bond motifs is 1. The van der Waals surface area contributed by atoms with Gasteiger partial charge in [-0.25, -0.2) is 0 Å². The van der Waals surface area contributed by atoms with Crippen molar-refractivity contribution in [3.63, 3.8) is 0 Å². The molecule has 0 aliphatic rings. The first-order valence-electron chi connectivity index (χ1n) is 8.03. The van der Waals surface area contributed by atoms with Crippen molar-refractivity contribution in [1.29, 1.82) is 0 Å². The summed E-state index contributed by atoms with van der Waals surface area (Å²) < 4.78 is 23.4. The van der Waals surface area contributed by atoms with Crippen molar-refractivity contribution >= 4 is 21.8 Å². The molecule has 140 valence electrons. The molecular weight excluding hydrogens is 377 g/mol. The largest absolute Gasteiger partial charge is 1.00 e. The van der Waals surface area contributed by atoms with Crippen molar-refractivity contribution in [3.8, 4) is 5.75 Å². The minimum atomic E-state index is -1.35. The predicted molar refractivity (Wildman–Crippen MR) is 99.8 cm³/mol. The van der Waals surface area contributed by atoms with Gasteiger partial charge in [0.2, 0.25) is 0 Å². The molecule has 0 aliphatic carbocycles. The van der Waals surface area contributed by atoms with E-state index in [-0.39, 0.29) is 40.8 Å². The van der Waals surface area contributed by atoms with E-state index in [9.17, 15) is 4.21 Å². The molecule has 1 aromatic carbocycles. The third-order valence-electron chi connectivity index (χ3n) is 3.79. The second-order valence-corrected chi connectivity index (χ2v) is 6.91. The molecule has 0 saturated carbocycles. The third-order valence-corrected chi connectivity index (χ3v) is 4.92. The molecule has 9 heteroatoms. The Morgan fingerprint density at radius 3 is 2.70 bits per heavy atom. The van der Waals surface area contributed by atoms with Crippen LogP contribution in [-0.4, -0.2) is 40.0 Å². The molecule has 3 aromatic rings. The number of hydrogen-bond donors (Lipinski definition) is 0. The Bertz CT molecular complexity index is 855. The summed E-state index contributed by atoms with van der Waals surface area (Å²) >= 11 is 0. The van der Waals surface area contributed by atoms with E-state index in [1.807, 2.05) is 37.3 Å². The van der Waals surface area contributed by atoms with E-state index in [4.69, 9.17) is 9.47 Å². The zero-order valence-electron chi connectivity index (χ0n) is 15.8. The normalized spacial score (nSPS) is 11.5. The van der Waals surface area contributed by atoms with Gasteiger partial charge >= 0.3 is 29.6 Å². The maximum absolute atomic E-state index is 12.6. The summed E-state index contributed by atoms with van der Waals surface area (Å²) in [5.41, 5.74) is 3.14. The number of imidazole rings is 1. The van der Waals surface area contributed by atoms with E-state index >= 15 is 0 Å². The fraction of sp³-hybridized carbons (Fsp3) is 0.333. The van der Waals surface area contributed by atoms with Crippen LogP contribution >= 0.6 is 0 Å². The summed E-state index contributed by atoms with van der Waals surface area (Å²) in [6, 6.07) is 9.32. The summed E-state index contributed by atoms with van der Waals surface area (Å²) in [4.78, 5) is 13.0. The van der Waals surface area contributed by atoms with Gasteiger partial charge < -0.3 is 24.9 Å². The van der Waals surface area contributed by atoms with Gasteiger partial charge in [-0.1, -0.05) is 24.3 Å². The molecule has 0 aliphatic heterocycles. The summed E-state index contributed by atoms with van der Waals surface area (Å²) in [5.74, 6) is 1.02. The number of rotatable bonds is 8. The van der Waals surface area contributed by atoms with Crippen LogP contribution in [0.3, 0.4) is 0 Å². The Kier molecular flexibility index (Phi) is 10.1. The summed E-state index contributed by atoms with van der Waals surface area (Å²) in [7, 11) is 0.312. The van der Waals surface area contributed by atoms with E-state index in [1.54, 1.807) is 13.3 Å². The monoisotopic (exact) mass is 399 g/mol. The smallest absolute Gasteiger partial charge is 0.493 e. The molecule has 0 radical (unpaired) electrons. The summed E-state index contributed by atoms with van der Waals surface area (Å²) in [6.45, 7) is 3.15. The number of methoxy groups -OCH3 is 1. The Hall–Kier alpha value is -1.29. The van der Waals surface area contributed by atoms with Crippen molar-refractivity contribution in [1.82, 2.24) is 15.0 Å². The molecule has 3 rings (SSSR count). The van der Waals surface area contributed by atoms with Gasteiger partial charge in [0.25, 0.3) is 0 Å². The Labute approximate surface area is 183 Å². The molecule has 0 unspecified atom stereocenters. The van der Waals surface area contributed by atoms with Crippen LogP contribution in [0, 0.1) is 6.92 Å². The van der Waals surface area contributed by atoms with Gasteiger partial charge in [0, 0.05) is 37.1 Å². The molecule has 2 aromatic heterocycles. The Balaban J connectivity index is 0.00000182. The predicted octanol–water partition coefficient (Wildman–Crippen LogP) is -1.20. The van der Waals surface area contributed by atoms with Gasteiger partial charge in [0.15, 0.2) is 0 Å². The van der Waals surface area contributed by atoms with Crippen LogP contribution in [0.4, 0.5) is 0 Å². The van der Waals surface area contributed by atoms with E-state index in [1.165, 1.54) is 0 Å². The molecule has 0 amide bonds. The second kappa shape index (κ2) is 11.5. The topological polar surface area (TPSA) is 107 Å². The van der Waals surface area contributed by atoms with Gasteiger partial charge in [0.1, 0.15) is 5.75 Å². The fourth-order valence-corrected chi connectivity index (χ4v) is 3.49. The quantitative estimate of drug-likeness (QED) is 0.348. The van der Waals surface area contributed by atoms with Crippen LogP contribution < -0.4 is 39.3 Å². The SMILES string of the molecule is COCCCOc1ccnc(C[S@@](=O)c2nc3ccccc3[n-]2)c1C.O.[Na+]. The molecular formula is C18H22N3NaO4S. The number of pyridine rings is 1. The van der Waals surface area contributed by atoms with E-state index < -0.39 is 10.8 Å². The number of aromatic nitrogens is 3. The average Bonchev–Trinajstić information content (AvgIpc) is 3.06.